The fourth-order valence-electron chi connectivity index (χ4n) is 2.42. The van der Waals surface area contributed by atoms with Crippen LogP contribution in [0.2, 0.25) is 0 Å². The molecule has 7 heteroatoms. The Morgan fingerprint density at radius 3 is 2.62 bits per heavy atom. The Morgan fingerprint density at radius 1 is 1.21 bits per heavy atom. The standard InChI is InChI=1S/C22H27N3O3S/c1-4-5-14-23-22(29)25(2)24-15-19-8-6-7-9-20(19)28-16-17-10-12-18(13-11-17)21(26)27-3/h6-13,15H,4-5,14,16H2,1-3H3,(H,23,29)/b24-15+. The number of carbonyl (C=O) groups excluding carboxylic acids is 1. The minimum atomic E-state index is -0.356. The molecule has 2 aromatic carbocycles. The minimum Gasteiger partial charge on any atom is -0.488 e. The van der Waals surface area contributed by atoms with Crippen molar-refractivity contribution in [2.45, 2.75) is 26.4 Å². The van der Waals surface area contributed by atoms with Crippen molar-refractivity contribution < 1.29 is 14.3 Å². The Balaban J connectivity index is 1.97. The fourth-order valence-corrected chi connectivity index (χ4v) is 2.57. The third-order valence-corrected chi connectivity index (χ3v) is 4.57. The van der Waals surface area contributed by atoms with Gasteiger partial charge in [-0.05, 0) is 48.5 Å². The van der Waals surface area contributed by atoms with Gasteiger partial charge in [0.2, 0.25) is 0 Å². The van der Waals surface area contributed by atoms with E-state index in [0.29, 0.717) is 23.0 Å². The molecule has 1 N–H and O–H groups in total. The van der Waals surface area contributed by atoms with E-state index in [9.17, 15) is 4.79 Å². The van der Waals surface area contributed by atoms with Gasteiger partial charge in [-0.1, -0.05) is 37.6 Å². The average molecular weight is 414 g/mol. The maximum Gasteiger partial charge on any atom is 0.337 e. The van der Waals surface area contributed by atoms with E-state index in [1.165, 1.54) is 7.11 Å². The number of carbonyl (C=O) groups is 1. The lowest BCUT2D eigenvalue weighted by molar-refractivity contribution is 0.0600. The second kappa shape index (κ2) is 11.8. The summed E-state index contributed by atoms with van der Waals surface area (Å²) in [4.78, 5) is 11.5. The highest BCUT2D eigenvalue weighted by molar-refractivity contribution is 7.80. The molecule has 154 valence electrons. The fraction of sp³-hybridized carbons (Fsp3) is 0.318. The summed E-state index contributed by atoms with van der Waals surface area (Å²) in [7, 11) is 3.17. The van der Waals surface area contributed by atoms with E-state index in [1.807, 2.05) is 43.4 Å². The minimum absolute atomic E-state index is 0.356. The van der Waals surface area contributed by atoms with Crippen molar-refractivity contribution in [2.24, 2.45) is 5.10 Å². The molecule has 2 aromatic rings. The number of unbranched alkanes of at least 4 members (excludes halogenated alkanes) is 1. The lowest BCUT2D eigenvalue weighted by Crippen LogP contribution is -2.34. The molecule has 0 aliphatic carbocycles. The van der Waals surface area contributed by atoms with Crippen molar-refractivity contribution in [3.05, 3.63) is 65.2 Å². The molecule has 0 spiro atoms. The number of hydrogen-bond donors (Lipinski definition) is 1. The second-order valence-electron chi connectivity index (χ2n) is 6.37. The maximum absolute atomic E-state index is 11.5. The van der Waals surface area contributed by atoms with Crippen LogP contribution in [-0.2, 0) is 11.3 Å². The lowest BCUT2D eigenvalue weighted by atomic mass is 10.1. The number of ether oxygens (including phenoxy) is 2. The molecule has 0 heterocycles. The molecule has 0 radical (unpaired) electrons. The number of methoxy groups -OCH3 is 1. The van der Waals surface area contributed by atoms with Gasteiger partial charge in [0.1, 0.15) is 12.4 Å². The topological polar surface area (TPSA) is 63.2 Å². The van der Waals surface area contributed by atoms with E-state index in [0.717, 1.165) is 30.5 Å². The molecule has 0 aromatic heterocycles. The first-order valence-corrected chi connectivity index (χ1v) is 9.90. The zero-order valence-electron chi connectivity index (χ0n) is 17.1. The van der Waals surface area contributed by atoms with Crippen molar-refractivity contribution in [2.75, 3.05) is 20.7 Å². The maximum atomic E-state index is 11.5. The molecule has 0 aliphatic rings. The summed E-state index contributed by atoms with van der Waals surface area (Å²) >= 11 is 5.33. The molecule has 0 bridgehead atoms. The summed E-state index contributed by atoms with van der Waals surface area (Å²) in [5.41, 5.74) is 2.31. The molecule has 0 amide bonds. The molecule has 0 fully saturated rings. The van der Waals surface area contributed by atoms with Crippen LogP contribution in [0.25, 0.3) is 0 Å². The summed E-state index contributed by atoms with van der Waals surface area (Å²) in [5, 5.41) is 9.79. The van der Waals surface area contributed by atoms with Crippen LogP contribution < -0.4 is 10.1 Å². The van der Waals surface area contributed by atoms with Crippen LogP contribution in [-0.4, -0.2) is 43.0 Å². The third-order valence-electron chi connectivity index (χ3n) is 4.16. The van der Waals surface area contributed by atoms with Gasteiger partial charge in [-0.3, -0.25) is 0 Å². The largest absolute Gasteiger partial charge is 0.488 e. The van der Waals surface area contributed by atoms with Gasteiger partial charge in [0.05, 0.1) is 18.9 Å². The number of hydrazone groups is 1. The van der Waals surface area contributed by atoms with Gasteiger partial charge in [0, 0.05) is 19.2 Å². The highest BCUT2D eigenvalue weighted by atomic mass is 32.1. The highest BCUT2D eigenvalue weighted by Gasteiger charge is 2.06. The number of rotatable bonds is 9. The van der Waals surface area contributed by atoms with E-state index in [2.05, 4.69) is 17.3 Å². The van der Waals surface area contributed by atoms with Crippen LogP contribution in [0.5, 0.6) is 5.75 Å². The molecule has 0 atom stereocenters. The first-order valence-electron chi connectivity index (χ1n) is 9.49. The normalized spacial score (nSPS) is 10.6. The quantitative estimate of drug-likeness (QED) is 0.220. The van der Waals surface area contributed by atoms with Gasteiger partial charge in [-0.15, -0.1) is 0 Å². The van der Waals surface area contributed by atoms with Crippen molar-refractivity contribution >= 4 is 29.5 Å². The molecule has 2 rings (SSSR count). The number of benzene rings is 2. The number of nitrogens with zero attached hydrogens (tertiary/aromatic N) is 2. The van der Waals surface area contributed by atoms with E-state index in [-0.39, 0.29) is 5.97 Å². The van der Waals surface area contributed by atoms with Crippen molar-refractivity contribution in [1.82, 2.24) is 10.3 Å². The average Bonchev–Trinajstić information content (AvgIpc) is 2.76. The summed E-state index contributed by atoms with van der Waals surface area (Å²) < 4.78 is 10.7. The van der Waals surface area contributed by atoms with Gasteiger partial charge >= 0.3 is 5.97 Å². The highest BCUT2D eigenvalue weighted by Crippen LogP contribution is 2.18. The van der Waals surface area contributed by atoms with Gasteiger partial charge < -0.3 is 14.8 Å². The van der Waals surface area contributed by atoms with Gasteiger partial charge in [0.15, 0.2) is 5.11 Å². The van der Waals surface area contributed by atoms with E-state index in [1.54, 1.807) is 23.4 Å². The van der Waals surface area contributed by atoms with Crippen LogP contribution >= 0.6 is 12.2 Å². The summed E-state index contributed by atoms with van der Waals surface area (Å²) in [5.74, 6) is 0.358. The van der Waals surface area contributed by atoms with Crippen LogP contribution in [0.15, 0.2) is 53.6 Å². The Hall–Kier alpha value is -2.93. The predicted molar refractivity (Wildman–Crippen MR) is 119 cm³/mol. The third kappa shape index (κ3) is 7.19. The predicted octanol–water partition coefficient (Wildman–Crippen LogP) is 3.99. The van der Waals surface area contributed by atoms with Gasteiger partial charge in [-0.25, -0.2) is 9.80 Å². The van der Waals surface area contributed by atoms with E-state index >= 15 is 0 Å². The summed E-state index contributed by atoms with van der Waals surface area (Å²) in [6, 6.07) is 14.8. The smallest absolute Gasteiger partial charge is 0.337 e. The van der Waals surface area contributed by atoms with Crippen LogP contribution in [0.1, 0.15) is 41.3 Å². The molecule has 0 saturated heterocycles. The molecule has 29 heavy (non-hydrogen) atoms. The van der Waals surface area contributed by atoms with Crippen LogP contribution in [0.3, 0.4) is 0 Å². The molecule has 0 saturated carbocycles. The van der Waals surface area contributed by atoms with Crippen molar-refractivity contribution in [3.63, 3.8) is 0 Å². The Kier molecular flexibility index (Phi) is 9.11. The Labute approximate surface area is 177 Å². The zero-order valence-corrected chi connectivity index (χ0v) is 17.9. The van der Waals surface area contributed by atoms with Crippen LogP contribution in [0.4, 0.5) is 0 Å². The molecular weight excluding hydrogens is 386 g/mol. The van der Waals surface area contributed by atoms with Gasteiger partial charge in [0.25, 0.3) is 0 Å². The first-order chi connectivity index (χ1) is 14.0. The zero-order chi connectivity index (χ0) is 21.1. The Bertz CT molecular complexity index is 837. The molecule has 6 nitrogen and oxygen atoms in total. The van der Waals surface area contributed by atoms with Crippen molar-refractivity contribution in [1.29, 1.82) is 0 Å². The number of hydrogen-bond acceptors (Lipinski definition) is 5. The van der Waals surface area contributed by atoms with Gasteiger partial charge in [-0.2, -0.15) is 5.10 Å². The number of esters is 1. The monoisotopic (exact) mass is 413 g/mol. The lowest BCUT2D eigenvalue weighted by Gasteiger charge is -2.15. The summed E-state index contributed by atoms with van der Waals surface area (Å²) in [6.07, 6.45) is 3.90. The first kappa shape index (κ1) is 22.4. The number of para-hydroxylation sites is 1. The summed E-state index contributed by atoms with van der Waals surface area (Å²) in [6.45, 7) is 3.35. The molecule has 0 unspecified atom stereocenters. The SMILES string of the molecule is CCCCNC(=S)N(C)/N=C/c1ccccc1OCc1ccc(C(=O)OC)cc1. The van der Waals surface area contributed by atoms with Crippen LogP contribution in [0, 0.1) is 0 Å². The number of thiocarbonyl (C=S) groups is 1. The Morgan fingerprint density at radius 2 is 1.93 bits per heavy atom. The van der Waals surface area contributed by atoms with Crippen molar-refractivity contribution in [3.8, 4) is 5.75 Å². The van der Waals surface area contributed by atoms with E-state index in [4.69, 9.17) is 21.7 Å². The second-order valence-corrected chi connectivity index (χ2v) is 6.76. The molecular formula is C22H27N3O3S. The van der Waals surface area contributed by atoms with E-state index < -0.39 is 0 Å². The molecule has 0 aliphatic heterocycles. The number of nitrogens with one attached hydrogen (secondary N) is 1.